The normalized spacial score (nSPS) is 16.6. The Balaban J connectivity index is 1.41. The van der Waals surface area contributed by atoms with E-state index in [1.165, 1.54) is 30.7 Å². The molecule has 1 aliphatic rings. The molecule has 1 aliphatic heterocycles. The highest BCUT2D eigenvalue weighted by molar-refractivity contribution is 6.31. The summed E-state index contributed by atoms with van der Waals surface area (Å²) in [6.45, 7) is 7.53. The fourth-order valence-electron chi connectivity index (χ4n) is 6.53. The van der Waals surface area contributed by atoms with Crippen LogP contribution in [0, 0.1) is 16.1 Å². The lowest BCUT2D eigenvalue weighted by Crippen LogP contribution is -2.49. The number of fused-ring (bicyclic) bond motifs is 2. The first-order valence-corrected chi connectivity index (χ1v) is 16.1. The number of ether oxygens (including phenoxy) is 2. The number of halogens is 2. The van der Waals surface area contributed by atoms with Crippen molar-refractivity contribution in [2.75, 3.05) is 25.1 Å². The fraction of sp³-hybridized carbons (Fsp3) is 0.343. The van der Waals surface area contributed by atoms with Crippen molar-refractivity contribution < 1.29 is 33.2 Å². The zero-order valence-corrected chi connectivity index (χ0v) is 28.5. The fourth-order valence-corrected chi connectivity index (χ4v) is 6.70. The van der Waals surface area contributed by atoms with Gasteiger partial charge in [-0.05, 0) is 75.2 Å². The number of carbonyl (C=O) groups excluding carboxylic acids is 2. The molecule has 3 aromatic carbocycles. The minimum absolute atomic E-state index is 0.0772. The third kappa shape index (κ3) is 6.62. The van der Waals surface area contributed by atoms with Crippen LogP contribution >= 0.6 is 11.6 Å². The van der Waals surface area contributed by atoms with Crippen molar-refractivity contribution in [1.82, 2.24) is 13.7 Å². The van der Waals surface area contributed by atoms with Gasteiger partial charge in [-0.1, -0.05) is 23.7 Å². The Hall–Kier alpha value is -5.17. The monoisotopic (exact) mass is 691 g/mol. The average Bonchev–Trinajstić information content (AvgIpc) is 3.59. The van der Waals surface area contributed by atoms with Crippen molar-refractivity contribution in [2.45, 2.75) is 58.4 Å². The Morgan fingerprint density at radius 1 is 1.06 bits per heavy atom. The summed E-state index contributed by atoms with van der Waals surface area (Å²) in [5.74, 6) is -0.996. The minimum Gasteiger partial charge on any atom is -0.458 e. The maximum Gasteiger partial charge on any atom is 0.418 e. The molecule has 6 rings (SSSR count). The van der Waals surface area contributed by atoms with Crippen molar-refractivity contribution in [3.8, 4) is 0 Å². The molecule has 14 heteroatoms. The van der Waals surface area contributed by atoms with Gasteiger partial charge in [0.2, 0.25) is 5.62 Å². The molecule has 2 atom stereocenters. The number of aromatic nitrogens is 3. The van der Waals surface area contributed by atoms with Crippen LogP contribution in [-0.4, -0.2) is 62.6 Å². The topological polar surface area (TPSA) is 124 Å². The minimum atomic E-state index is -0.775. The van der Waals surface area contributed by atoms with E-state index in [2.05, 4.69) is 0 Å². The van der Waals surface area contributed by atoms with E-state index in [4.69, 9.17) is 25.9 Å². The Bertz CT molecular complexity index is 2170. The second-order valence-corrected chi connectivity index (χ2v) is 13.4. The quantitative estimate of drug-likeness (QED) is 0.146. The summed E-state index contributed by atoms with van der Waals surface area (Å²) >= 11 is 6.31. The van der Waals surface area contributed by atoms with Crippen LogP contribution in [0.4, 0.5) is 20.6 Å². The van der Waals surface area contributed by atoms with Gasteiger partial charge in [0, 0.05) is 36.1 Å². The summed E-state index contributed by atoms with van der Waals surface area (Å²) < 4.78 is 31.2. The van der Waals surface area contributed by atoms with Gasteiger partial charge in [0.15, 0.2) is 7.11 Å². The molecular formula is C35H37ClFN6O6+. The summed E-state index contributed by atoms with van der Waals surface area (Å²) in [4.78, 5) is 45.1. The van der Waals surface area contributed by atoms with Crippen molar-refractivity contribution in [1.29, 1.82) is 5.41 Å². The smallest absolute Gasteiger partial charge is 0.418 e. The molecule has 2 aromatic heterocycles. The summed E-state index contributed by atoms with van der Waals surface area (Å²) in [6.07, 6.45) is 0.771. The number of rotatable bonds is 7. The lowest BCUT2D eigenvalue weighted by atomic mass is 10.00. The zero-order chi connectivity index (χ0) is 35.2. The first kappa shape index (κ1) is 33.7. The molecule has 0 bridgehead atoms. The summed E-state index contributed by atoms with van der Waals surface area (Å²) in [7, 11) is 1.26. The Labute approximate surface area is 286 Å². The van der Waals surface area contributed by atoms with Gasteiger partial charge in [-0.2, -0.15) is 0 Å². The predicted molar refractivity (Wildman–Crippen MR) is 182 cm³/mol. The number of piperidine rings is 1. The van der Waals surface area contributed by atoms with E-state index in [-0.39, 0.29) is 24.4 Å². The van der Waals surface area contributed by atoms with Crippen LogP contribution in [0.15, 0.2) is 66.9 Å². The number of nitrogens with zero attached hydrogens (tertiary/aromatic N) is 5. The highest BCUT2D eigenvalue weighted by Gasteiger charge is 2.38. The van der Waals surface area contributed by atoms with Crippen molar-refractivity contribution >= 4 is 57.0 Å². The number of carbonyl (C=O) groups is 2. The maximum absolute atomic E-state index is 14.9. The number of nitrogens with one attached hydrogen (secondary N) is 1. The summed E-state index contributed by atoms with van der Waals surface area (Å²) in [5.41, 5.74) is 2.70. The van der Waals surface area contributed by atoms with Crippen LogP contribution in [-0.2, 0) is 25.7 Å². The molecule has 12 nitrogen and oxygen atoms in total. The largest absolute Gasteiger partial charge is 0.458 e. The van der Waals surface area contributed by atoms with Crippen molar-refractivity contribution in [3.63, 3.8) is 0 Å². The lowest BCUT2D eigenvalue weighted by molar-refractivity contribution is -0.736. The molecule has 1 N–H and O–H groups in total. The number of anilines is 1. The average molecular weight is 692 g/mol. The van der Waals surface area contributed by atoms with Gasteiger partial charge in [0.25, 0.3) is 4.92 Å². The number of hydrogen-bond acceptors (Lipinski definition) is 8. The number of imidazole rings is 1. The molecule has 1 saturated heterocycles. The molecule has 0 saturated carbocycles. The van der Waals surface area contributed by atoms with Gasteiger partial charge in [0.05, 0.1) is 40.6 Å². The van der Waals surface area contributed by atoms with Crippen LogP contribution < -0.4 is 10.5 Å². The van der Waals surface area contributed by atoms with Gasteiger partial charge in [0.1, 0.15) is 23.2 Å². The van der Waals surface area contributed by atoms with Gasteiger partial charge >= 0.3 is 17.7 Å². The second-order valence-electron chi connectivity index (χ2n) is 13.0. The predicted octanol–water partition coefficient (Wildman–Crippen LogP) is 6.86. The Morgan fingerprint density at radius 2 is 1.84 bits per heavy atom. The molecule has 5 aromatic rings. The van der Waals surface area contributed by atoms with E-state index < -0.39 is 35.6 Å². The van der Waals surface area contributed by atoms with Gasteiger partial charge in [-0.3, -0.25) is 14.8 Å². The van der Waals surface area contributed by atoms with Gasteiger partial charge < -0.3 is 23.5 Å². The van der Waals surface area contributed by atoms with Crippen molar-refractivity contribution in [2.24, 2.45) is 0 Å². The van der Waals surface area contributed by atoms with Gasteiger partial charge in [-0.15, -0.1) is 0 Å². The molecule has 0 amide bonds. The molecule has 3 heterocycles. The van der Waals surface area contributed by atoms with Crippen molar-refractivity contribution in [3.05, 3.63) is 93.8 Å². The standard InChI is InChI=1S/C35H37ClFN6O6/c1-21(44)48-32-20-39(30-17-23(36)9-11-28(30)43(46)47-5)15-14-29(32)42-31-18-24(37)10-12-27(31)41(33(42)38)19-22-7-6-8-26-25(22)13-16-40(26)34(45)49-35(2,3)4/h6-13,16-18,29,32,38H,14-15,19-20H2,1-5H3/q+1. The Morgan fingerprint density at radius 3 is 2.55 bits per heavy atom. The molecule has 0 radical (unpaired) electrons. The number of benzene rings is 3. The molecule has 2 unspecified atom stereocenters. The van der Waals surface area contributed by atoms with Gasteiger partial charge in [-0.25, -0.2) is 14.0 Å². The second kappa shape index (κ2) is 13.0. The van der Waals surface area contributed by atoms with Crippen LogP contribution in [0.3, 0.4) is 0 Å². The third-order valence-corrected chi connectivity index (χ3v) is 8.76. The van der Waals surface area contributed by atoms with Crippen LogP contribution in [0.5, 0.6) is 0 Å². The molecular weight excluding hydrogens is 655 g/mol. The first-order valence-electron chi connectivity index (χ1n) is 15.8. The van der Waals surface area contributed by atoms with Crippen LogP contribution in [0.2, 0.25) is 5.02 Å². The lowest BCUT2D eigenvalue weighted by Gasteiger charge is -2.39. The summed E-state index contributed by atoms with van der Waals surface area (Å²) in [5, 5.41) is 10.6. The highest BCUT2D eigenvalue weighted by Crippen LogP contribution is 2.37. The first-order chi connectivity index (χ1) is 23.3. The molecule has 0 aliphatic carbocycles. The third-order valence-electron chi connectivity index (χ3n) is 8.53. The SMILES string of the molecule is CO[N+](=O)c1ccc(Cl)cc1N1CCC(n2c(=N)n(Cc3cccc4c3ccn4C(=O)OC(C)(C)C)c3ccc(F)cc32)C(OC(C)=O)C1. The molecule has 49 heavy (non-hydrogen) atoms. The number of esters is 1. The van der Waals surface area contributed by atoms with Crippen LogP contribution in [0.1, 0.15) is 45.7 Å². The van der Waals surface area contributed by atoms with E-state index in [0.717, 1.165) is 10.9 Å². The highest BCUT2D eigenvalue weighted by atomic mass is 35.5. The van der Waals surface area contributed by atoms with E-state index in [1.807, 2.05) is 29.2 Å². The van der Waals surface area contributed by atoms with E-state index in [9.17, 15) is 24.3 Å². The molecule has 256 valence electrons. The zero-order valence-electron chi connectivity index (χ0n) is 27.8. The van der Waals surface area contributed by atoms with Crippen LogP contribution in [0.25, 0.3) is 21.9 Å². The van der Waals surface area contributed by atoms with E-state index >= 15 is 0 Å². The molecule has 1 fully saturated rings. The Kier molecular flexibility index (Phi) is 8.97. The molecule has 0 spiro atoms. The number of hydrogen-bond donors (Lipinski definition) is 1. The van der Waals surface area contributed by atoms with E-state index in [1.54, 1.807) is 60.4 Å². The summed E-state index contributed by atoms with van der Waals surface area (Å²) in [6, 6.07) is 16.0. The van der Waals surface area contributed by atoms with E-state index in [0.29, 0.717) is 45.1 Å². The maximum atomic E-state index is 14.9.